The van der Waals surface area contributed by atoms with Crippen molar-refractivity contribution in [2.75, 3.05) is 19.6 Å². The minimum atomic E-state index is -0.209. The number of nitrogens with zero attached hydrogens (tertiary/aromatic N) is 2. The summed E-state index contributed by atoms with van der Waals surface area (Å²) in [6.07, 6.45) is 0. The third-order valence-electron chi connectivity index (χ3n) is 5.57. The summed E-state index contributed by atoms with van der Waals surface area (Å²) >= 11 is 6.00. The molecule has 0 bridgehead atoms. The van der Waals surface area contributed by atoms with E-state index in [0.717, 1.165) is 30.2 Å². The van der Waals surface area contributed by atoms with Gasteiger partial charge in [0.15, 0.2) is 0 Å². The first-order chi connectivity index (χ1) is 13.3. The van der Waals surface area contributed by atoms with Gasteiger partial charge in [-0.15, -0.1) is 0 Å². The van der Waals surface area contributed by atoms with Crippen LogP contribution in [0.3, 0.4) is 0 Å². The maximum atomic E-state index is 13.9. The minimum Gasteiger partial charge on any atom is -0.340 e. The fourth-order valence-electron chi connectivity index (χ4n) is 4.19. The summed E-state index contributed by atoms with van der Waals surface area (Å²) in [7, 11) is 0. The fraction of sp³-hybridized carbons (Fsp3) is 0.435. The molecule has 2 atom stereocenters. The second-order valence-electron chi connectivity index (χ2n) is 8.01. The predicted molar refractivity (Wildman–Crippen MR) is 112 cm³/mol. The average molecular weight is 403 g/mol. The molecule has 1 heterocycles. The first-order valence-corrected chi connectivity index (χ1v) is 10.2. The lowest BCUT2D eigenvalue weighted by Gasteiger charge is -2.30. The Hall–Kier alpha value is -1.91. The van der Waals surface area contributed by atoms with Crippen molar-refractivity contribution in [2.24, 2.45) is 5.92 Å². The molecule has 0 N–H and O–H groups in total. The van der Waals surface area contributed by atoms with E-state index in [1.165, 1.54) is 11.6 Å². The Balaban J connectivity index is 1.81. The molecule has 2 aromatic rings. The molecule has 1 aliphatic heterocycles. The lowest BCUT2D eigenvalue weighted by Crippen LogP contribution is -2.40. The van der Waals surface area contributed by atoms with Gasteiger partial charge in [0, 0.05) is 50.1 Å². The van der Waals surface area contributed by atoms with Crippen molar-refractivity contribution in [2.45, 2.75) is 39.3 Å². The average Bonchev–Trinajstić information content (AvgIpc) is 3.03. The van der Waals surface area contributed by atoms with Gasteiger partial charge in [0.05, 0.1) is 0 Å². The second kappa shape index (κ2) is 9.06. The summed E-state index contributed by atoms with van der Waals surface area (Å²) in [4.78, 5) is 16.4. The molecule has 0 spiro atoms. The second-order valence-corrected chi connectivity index (χ2v) is 8.44. The van der Waals surface area contributed by atoms with Crippen LogP contribution in [0.15, 0.2) is 48.5 Å². The van der Waals surface area contributed by atoms with Crippen molar-refractivity contribution in [3.05, 3.63) is 70.5 Å². The van der Waals surface area contributed by atoms with Gasteiger partial charge >= 0.3 is 0 Å². The molecule has 3 rings (SSSR count). The fourth-order valence-corrected chi connectivity index (χ4v) is 4.32. The summed E-state index contributed by atoms with van der Waals surface area (Å²) < 4.78 is 13.9. The lowest BCUT2D eigenvalue weighted by atomic mass is 9.88. The van der Waals surface area contributed by atoms with Crippen LogP contribution in [0.2, 0.25) is 5.02 Å². The third-order valence-corrected chi connectivity index (χ3v) is 5.82. The van der Waals surface area contributed by atoms with Gasteiger partial charge in [0.25, 0.3) is 0 Å². The summed E-state index contributed by atoms with van der Waals surface area (Å²) in [5.74, 6) is 0.341. The van der Waals surface area contributed by atoms with Crippen molar-refractivity contribution in [1.29, 1.82) is 0 Å². The minimum absolute atomic E-state index is 0.0872. The molecule has 1 amide bonds. The Kier molecular flexibility index (Phi) is 6.73. The zero-order valence-corrected chi connectivity index (χ0v) is 17.5. The number of hydrogen-bond acceptors (Lipinski definition) is 2. The molecule has 28 heavy (non-hydrogen) atoms. The van der Waals surface area contributed by atoms with Gasteiger partial charge < -0.3 is 4.90 Å². The highest BCUT2D eigenvalue weighted by Gasteiger charge is 2.36. The zero-order valence-electron chi connectivity index (χ0n) is 16.7. The zero-order chi connectivity index (χ0) is 20.3. The first-order valence-electron chi connectivity index (χ1n) is 9.83. The summed E-state index contributed by atoms with van der Waals surface area (Å²) in [5, 5.41) is 0.731. The van der Waals surface area contributed by atoms with Crippen LogP contribution in [0.25, 0.3) is 0 Å². The Morgan fingerprint density at radius 3 is 2.54 bits per heavy atom. The largest absolute Gasteiger partial charge is 0.340 e. The highest BCUT2D eigenvalue weighted by molar-refractivity contribution is 6.30. The molecule has 0 saturated carbocycles. The van der Waals surface area contributed by atoms with Crippen molar-refractivity contribution >= 4 is 17.5 Å². The SMILES string of the molecule is CC(=O)N(CC1CN(Cc2ccc(Cl)cc2)CC1c1cccc(F)c1)C(C)C. The van der Waals surface area contributed by atoms with Gasteiger partial charge in [-0.3, -0.25) is 9.69 Å². The highest BCUT2D eigenvalue weighted by atomic mass is 35.5. The van der Waals surface area contributed by atoms with E-state index in [1.54, 1.807) is 19.1 Å². The maximum absolute atomic E-state index is 13.9. The molecule has 1 fully saturated rings. The van der Waals surface area contributed by atoms with Gasteiger partial charge in [-0.25, -0.2) is 4.39 Å². The van der Waals surface area contributed by atoms with Crippen LogP contribution >= 0.6 is 11.6 Å². The number of carbonyl (C=O) groups is 1. The van der Waals surface area contributed by atoms with Crippen LogP contribution in [-0.2, 0) is 11.3 Å². The molecule has 2 unspecified atom stereocenters. The van der Waals surface area contributed by atoms with Crippen molar-refractivity contribution in [1.82, 2.24) is 9.80 Å². The molecule has 0 aliphatic carbocycles. The summed E-state index contributed by atoms with van der Waals surface area (Å²) in [6.45, 7) is 8.93. The molecule has 150 valence electrons. The number of hydrogen-bond donors (Lipinski definition) is 0. The number of likely N-dealkylation sites (tertiary alicyclic amines) is 1. The van der Waals surface area contributed by atoms with E-state index >= 15 is 0 Å². The molecule has 0 radical (unpaired) electrons. The molecule has 2 aromatic carbocycles. The van der Waals surface area contributed by atoms with E-state index in [1.807, 2.05) is 49.1 Å². The van der Waals surface area contributed by atoms with Crippen molar-refractivity contribution in [3.8, 4) is 0 Å². The topological polar surface area (TPSA) is 23.6 Å². The molecular weight excluding hydrogens is 375 g/mol. The van der Waals surface area contributed by atoms with Gasteiger partial charge in [-0.05, 0) is 55.2 Å². The summed E-state index contributed by atoms with van der Waals surface area (Å²) in [6, 6.07) is 14.9. The molecular formula is C23H28ClFN2O. The Morgan fingerprint density at radius 2 is 1.93 bits per heavy atom. The number of halogens is 2. The van der Waals surface area contributed by atoms with E-state index < -0.39 is 0 Å². The third kappa shape index (κ3) is 5.12. The van der Waals surface area contributed by atoms with E-state index in [-0.39, 0.29) is 29.6 Å². The predicted octanol–water partition coefficient (Wildman–Crippen LogP) is 4.95. The lowest BCUT2D eigenvalue weighted by molar-refractivity contribution is -0.131. The van der Waals surface area contributed by atoms with Gasteiger partial charge in [0.1, 0.15) is 5.82 Å². The monoisotopic (exact) mass is 402 g/mol. The molecule has 3 nitrogen and oxygen atoms in total. The standard InChI is InChI=1S/C23H28ClFN2O/c1-16(2)27(17(3)28)14-20-13-26(12-18-7-9-21(24)10-8-18)15-23(20)19-5-4-6-22(25)11-19/h4-11,16,20,23H,12-15H2,1-3H3. The maximum Gasteiger partial charge on any atom is 0.219 e. The van der Waals surface area contributed by atoms with E-state index in [2.05, 4.69) is 4.90 Å². The molecule has 0 aromatic heterocycles. The Bertz CT molecular complexity index is 809. The van der Waals surface area contributed by atoms with Crippen LogP contribution in [0.1, 0.15) is 37.8 Å². The van der Waals surface area contributed by atoms with Crippen molar-refractivity contribution in [3.63, 3.8) is 0 Å². The smallest absolute Gasteiger partial charge is 0.219 e. The molecule has 1 saturated heterocycles. The quantitative estimate of drug-likeness (QED) is 0.682. The van der Waals surface area contributed by atoms with Crippen LogP contribution in [-0.4, -0.2) is 41.4 Å². The van der Waals surface area contributed by atoms with Crippen molar-refractivity contribution < 1.29 is 9.18 Å². The normalized spacial score (nSPS) is 19.9. The van der Waals surface area contributed by atoms with Gasteiger partial charge in [0.2, 0.25) is 5.91 Å². The van der Waals surface area contributed by atoms with Crippen LogP contribution in [0.5, 0.6) is 0 Å². The number of carbonyl (C=O) groups excluding carboxylic acids is 1. The van der Waals surface area contributed by atoms with Gasteiger partial charge in [-0.1, -0.05) is 35.9 Å². The van der Waals surface area contributed by atoms with E-state index in [9.17, 15) is 9.18 Å². The number of amides is 1. The number of rotatable bonds is 6. The van der Waals surface area contributed by atoms with Crippen LogP contribution < -0.4 is 0 Å². The van der Waals surface area contributed by atoms with Gasteiger partial charge in [-0.2, -0.15) is 0 Å². The highest BCUT2D eigenvalue weighted by Crippen LogP contribution is 2.35. The molecule has 5 heteroatoms. The molecule has 1 aliphatic rings. The van der Waals surface area contributed by atoms with E-state index in [0.29, 0.717) is 6.54 Å². The number of benzene rings is 2. The summed E-state index contributed by atoms with van der Waals surface area (Å²) in [5.41, 5.74) is 2.21. The Labute approximate surface area is 172 Å². The Morgan fingerprint density at radius 1 is 1.21 bits per heavy atom. The van der Waals surface area contributed by atoms with E-state index in [4.69, 9.17) is 11.6 Å². The first kappa shape index (κ1) is 20.8. The van der Waals surface area contributed by atoms with Crippen LogP contribution in [0.4, 0.5) is 4.39 Å². The van der Waals surface area contributed by atoms with Crippen LogP contribution in [0, 0.1) is 11.7 Å².